The van der Waals surface area contributed by atoms with Gasteiger partial charge in [-0.2, -0.15) is 0 Å². The Kier molecular flexibility index (Phi) is 5.35. The summed E-state index contributed by atoms with van der Waals surface area (Å²) in [7, 11) is 1.34. The van der Waals surface area contributed by atoms with E-state index in [2.05, 4.69) is 5.32 Å². The van der Waals surface area contributed by atoms with E-state index in [-0.39, 0.29) is 24.6 Å². The molecule has 2 aromatic rings. The molecule has 27 heavy (non-hydrogen) atoms. The van der Waals surface area contributed by atoms with Crippen LogP contribution in [-0.2, 0) is 25.5 Å². The number of anilines is 2. The topological polar surface area (TPSA) is 84.9 Å². The maximum absolute atomic E-state index is 13.7. The summed E-state index contributed by atoms with van der Waals surface area (Å²) < 4.78 is 23.5. The quantitative estimate of drug-likeness (QED) is 0.811. The summed E-state index contributed by atoms with van der Waals surface area (Å²) in [5.41, 5.74) is 1.45. The Morgan fingerprint density at radius 2 is 2.00 bits per heavy atom. The number of benzene rings is 2. The molecular formula is C19H17FN2O5. The van der Waals surface area contributed by atoms with Crippen LogP contribution in [-0.4, -0.2) is 38.0 Å². The first-order chi connectivity index (χ1) is 13.0. The Balaban J connectivity index is 1.60. The van der Waals surface area contributed by atoms with Crippen molar-refractivity contribution < 1.29 is 28.2 Å². The number of methoxy groups -OCH3 is 1. The number of esters is 1. The van der Waals surface area contributed by atoms with E-state index >= 15 is 0 Å². The molecule has 3 rings (SSSR count). The summed E-state index contributed by atoms with van der Waals surface area (Å²) in [5, 5.41) is 2.67. The SMILES string of the molecule is COc1ccc(CC(=O)OCC(=O)N2CC(=O)Nc3ccccc32)cc1F. The van der Waals surface area contributed by atoms with Crippen LogP contribution in [0.3, 0.4) is 0 Å². The Hall–Kier alpha value is -3.42. The molecule has 0 radical (unpaired) electrons. The Bertz CT molecular complexity index is 899. The predicted octanol–water partition coefficient (Wildman–Crippen LogP) is 1.91. The van der Waals surface area contributed by atoms with Gasteiger partial charge in [0.1, 0.15) is 6.54 Å². The first-order valence-electron chi connectivity index (χ1n) is 8.15. The van der Waals surface area contributed by atoms with Gasteiger partial charge >= 0.3 is 5.97 Å². The summed E-state index contributed by atoms with van der Waals surface area (Å²) in [4.78, 5) is 37.3. The lowest BCUT2D eigenvalue weighted by atomic mass is 10.1. The number of rotatable bonds is 5. The van der Waals surface area contributed by atoms with Gasteiger partial charge in [0.15, 0.2) is 18.2 Å². The molecule has 2 aromatic carbocycles. The van der Waals surface area contributed by atoms with Gasteiger partial charge < -0.3 is 14.8 Å². The molecule has 0 aromatic heterocycles. The zero-order chi connectivity index (χ0) is 19.4. The lowest BCUT2D eigenvalue weighted by molar-refractivity contribution is -0.147. The molecule has 0 spiro atoms. The third-order valence-corrected chi connectivity index (χ3v) is 3.99. The standard InChI is InChI=1S/C19H17FN2O5/c1-26-16-7-6-12(8-13(16)20)9-19(25)27-11-18(24)22-10-17(23)21-14-4-2-3-5-15(14)22/h2-8H,9-11H2,1H3,(H,21,23). The van der Waals surface area contributed by atoms with Crippen LogP contribution in [0, 0.1) is 5.82 Å². The van der Waals surface area contributed by atoms with Gasteiger partial charge in [-0.3, -0.25) is 19.3 Å². The summed E-state index contributed by atoms with van der Waals surface area (Å²) in [5.74, 6) is -2.05. The van der Waals surface area contributed by atoms with Gasteiger partial charge in [-0.1, -0.05) is 18.2 Å². The maximum atomic E-state index is 13.7. The molecule has 7 nitrogen and oxygen atoms in total. The molecule has 1 heterocycles. The minimum absolute atomic E-state index is 0.0735. The number of carbonyl (C=O) groups is 3. The van der Waals surface area contributed by atoms with Crippen molar-refractivity contribution in [2.24, 2.45) is 0 Å². The lowest BCUT2D eigenvalue weighted by Crippen LogP contribution is -2.44. The molecule has 140 valence electrons. The summed E-state index contributed by atoms with van der Waals surface area (Å²) in [6.07, 6.45) is -0.189. The van der Waals surface area contributed by atoms with Crippen LogP contribution < -0.4 is 15.0 Å². The summed E-state index contributed by atoms with van der Waals surface area (Å²) in [6, 6.07) is 11.0. The average Bonchev–Trinajstić information content (AvgIpc) is 2.65. The number of halogens is 1. The van der Waals surface area contributed by atoms with Crippen LogP contribution in [0.4, 0.5) is 15.8 Å². The highest BCUT2D eigenvalue weighted by atomic mass is 19.1. The van der Waals surface area contributed by atoms with E-state index in [0.29, 0.717) is 16.9 Å². The summed E-state index contributed by atoms with van der Waals surface area (Å²) >= 11 is 0. The fourth-order valence-electron chi connectivity index (χ4n) is 2.71. The number of hydrogen-bond acceptors (Lipinski definition) is 5. The molecule has 0 fully saturated rings. The third kappa shape index (κ3) is 4.22. The second kappa shape index (κ2) is 7.86. The number of fused-ring (bicyclic) bond motifs is 1. The highest BCUT2D eigenvalue weighted by Crippen LogP contribution is 2.28. The van der Waals surface area contributed by atoms with Gasteiger partial charge in [0.2, 0.25) is 5.91 Å². The lowest BCUT2D eigenvalue weighted by Gasteiger charge is -2.28. The first-order valence-corrected chi connectivity index (χ1v) is 8.15. The van der Waals surface area contributed by atoms with Crippen molar-refractivity contribution in [2.75, 3.05) is 30.5 Å². The van der Waals surface area contributed by atoms with Crippen LogP contribution in [0.15, 0.2) is 42.5 Å². The second-order valence-corrected chi connectivity index (χ2v) is 5.85. The molecule has 0 saturated carbocycles. The van der Waals surface area contributed by atoms with Crippen molar-refractivity contribution in [1.82, 2.24) is 0 Å². The zero-order valence-electron chi connectivity index (χ0n) is 14.5. The van der Waals surface area contributed by atoms with E-state index in [4.69, 9.17) is 9.47 Å². The smallest absolute Gasteiger partial charge is 0.310 e. The van der Waals surface area contributed by atoms with Crippen molar-refractivity contribution in [3.05, 3.63) is 53.8 Å². The minimum Gasteiger partial charge on any atom is -0.494 e. The van der Waals surface area contributed by atoms with E-state index < -0.39 is 24.3 Å². The normalized spacial score (nSPS) is 12.8. The number of carbonyl (C=O) groups excluding carboxylic acids is 3. The van der Waals surface area contributed by atoms with Crippen molar-refractivity contribution >= 4 is 29.2 Å². The molecule has 0 bridgehead atoms. The Morgan fingerprint density at radius 3 is 2.74 bits per heavy atom. The van der Waals surface area contributed by atoms with Crippen molar-refractivity contribution in [3.8, 4) is 5.75 Å². The molecule has 8 heteroatoms. The fraction of sp³-hybridized carbons (Fsp3) is 0.211. The highest BCUT2D eigenvalue weighted by molar-refractivity contribution is 6.10. The van der Waals surface area contributed by atoms with Crippen molar-refractivity contribution in [2.45, 2.75) is 6.42 Å². The molecule has 1 N–H and O–H groups in total. The molecule has 1 aliphatic heterocycles. The molecule has 1 aliphatic rings. The molecular weight excluding hydrogens is 355 g/mol. The zero-order valence-corrected chi connectivity index (χ0v) is 14.5. The van der Waals surface area contributed by atoms with E-state index in [1.165, 1.54) is 30.2 Å². The minimum atomic E-state index is -0.678. The maximum Gasteiger partial charge on any atom is 0.310 e. The van der Waals surface area contributed by atoms with Crippen molar-refractivity contribution in [3.63, 3.8) is 0 Å². The van der Waals surface area contributed by atoms with Crippen LogP contribution >= 0.6 is 0 Å². The predicted molar refractivity (Wildman–Crippen MR) is 95.0 cm³/mol. The number of hydrogen-bond donors (Lipinski definition) is 1. The number of ether oxygens (including phenoxy) is 2. The third-order valence-electron chi connectivity index (χ3n) is 3.99. The van der Waals surface area contributed by atoms with Gasteiger partial charge in [0, 0.05) is 0 Å². The molecule has 0 atom stereocenters. The second-order valence-electron chi connectivity index (χ2n) is 5.85. The summed E-state index contributed by atoms with van der Waals surface area (Å²) in [6.45, 7) is -0.670. The van der Waals surface area contributed by atoms with Gasteiger partial charge in [0.25, 0.3) is 5.91 Å². The van der Waals surface area contributed by atoms with Gasteiger partial charge in [-0.25, -0.2) is 4.39 Å². The average molecular weight is 372 g/mol. The molecule has 0 saturated heterocycles. The number of amides is 2. The Labute approximate surface area is 154 Å². The molecule has 2 amide bonds. The largest absolute Gasteiger partial charge is 0.494 e. The highest BCUT2D eigenvalue weighted by Gasteiger charge is 2.27. The first kappa shape index (κ1) is 18.4. The van der Waals surface area contributed by atoms with Crippen LogP contribution in [0.1, 0.15) is 5.56 Å². The van der Waals surface area contributed by atoms with Gasteiger partial charge in [-0.05, 0) is 29.8 Å². The van der Waals surface area contributed by atoms with Crippen LogP contribution in [0.2, 0.25) is 0 Å². The monoisotopic (exact) mass is 372 g/mol. The van der Waals surface area contributed by atoms with E-state index in [1.807, 2.05) is 0 Å². The van der Waals surface area contributed by atoms with Crippen LogP contribution in [0.25, 0.3) is 0 Å². The molecule has 0 unspecified atom stereocenters. The molecule has 0 aliphatic carbocycles. The van der Waals surface area contributed by atoms with Crippen molar-refractivity contribution in [1.29, 1.82) is 0 Å². The fourth-order valence-corrected chi connectivity index (χ4v) is 2.71. The van der Waals surface area contributed by atoms with Crippen LogP contribution in [0.5, 0.6) is 5.75 Å². The van der Waals surface area contributed by atoms with Gasteiger partial charge in [-0.15, -0.1) is 0 Å². The number of nitrogens with one attached hydrogen (secondary N) is 1. The number of nitrogens with zero attached hydrogens (tertiary/aromatic N) is 1. The Morgan fingerprint density at radius 1 is 1.22 bits per heavy atom. The van der Waals surface area contributed by atoms with E-state index in [9.17, 15) is 18.8 Å². The van der Waals surface area contributed by atoms with E-state index in [1.54, 1.807) is 24.3 Å². The number of para-hydroxylation sites is 2. The van der Waals surface area contributed by atoms with E-state index in [0.717, 1.165) is 0 Å². The van der Waals surface area contributed by atoms with Gasteiger partial charge in [0.05, 0.1) is 24.9 Å².